The minimum absolute atomic E-state index is 0.248. The van der Waals surface area contributed by atoms with Gasteiger partial charge in [0.25, 0.3) is 0 Å². The minimum Gasteiger partial charge on any atom is -0.280 e. The second-order valence-corrected chi connectivity index (χ2v) is 7.15. The van der Waals surface area contributed by atoms with E-state index >= 15 is 0 Å². The van der Waals surface area contributed by atoms with Crippen molar-refractivity contribution in [2.24, 2.45) is 10.2 Å². The second-order valence-electron chi connectivity index (χ2n) is 6.74. The van der Waals surface area contributed by atoms with Crippen molar-refractivity contribution in [3.8, 4) is 0 Å². The molecule has 0 fully saturated rings. The molecule has 0 amide bonds. The van der Waals surface area contributed by atoms with E-state index in [1.807, 2.05) is 39.8 Å². The predicted octanol–water partition coefficient (Wildman–Crippen LogP) is 6.15. The minimum atomic E-state index is -0.352. The van der Waals surface area contributed by atoms with Crippen molar-refractivity contribution >= 4 is 28.8 Å². The third-order valence-electron chi connectivity index (χ3n) is 3.68. The molecule has 0 saturated heterocycles. The zero-order valence-electron chi connectivity index (χ0n) is 14.0. The zero-order chi connectivity index (χ0) is 17.5. The van der Waals surface area contributed by atoms with E-state index in [4.69, 9.17) is 11.6 Å². The lowest BCUT2D eigenvalue weighted by Crippen LogP contribution is -2.11. The first-order chi connectivity index (χ1) is 11.3. The van der Waals surface area contributed by atoms with Gasteiger partial charge in [-0.2, -0.15) is 0 Å². The van der Waals surface area contributed by atoms with Gasteiger partial charge in [0.05, 0.1) is 11.4 Å². The number of azo groups is 1. The highest BCUT2D eigenvalue weighted by Gasteiger charge is 2.24. The number of nitrogens with zero attached hydrogens (tertiary/aromatic N) is 4. The molecule has 124 valence electrons. The molecule has 3 rings (SSSR count). The van der Waals surface area contributed by atoms with Crippen LogP contribution >= 0.6 is 11.6 Å². The smallest absolute Gasteiger partial charge is 0.183 e. The van der Waals surface area contributed by atoms with Gasteiger partial charge in [-0.3, -0.25) is 4.40 Å². The second kappa shape index (κ2) is 5.98. The summed E-state index contributed by atoms with van der Waals surface area (Å²) < 4.78 is 15.3. The molecule has 0 aliphatic rings. The van der Waals surface area contributed by atoms with Crippen LogP contribution in [0.4, 0.5) is 15.9 Å². The first-order valence-corrected chi connectivity index (χ1v) is 7.99. The number of rotatable bonds is 2. The van der Waals surface area contributed by atoms with Gasteiger partial charge in [0.1, 0.15) is 11.5 Å². The molecule has 3 aromatic rings. The molecule has 4 nitrogen and oxygen atoms in total. The highest BCUT2D eigenvalue weighted by Crippen LogP contribution is 2.33. The molecule has 0 unspecified atom stereocenters. The summed E-state index contributed by atoms with van der Waals surface area (Å²) in [6.45, 7) is 8.03. The van der Waals surface area contributed by atoms with Crippen LogP contribution in [0.2, 0.25) is 5.02 Å². The highest BCUT2D eigenvalue weighted by molar-refractivity contribution is 6.31. The van der Waals surface area contributed by atoms with Crippen molar-refractivity contribution in [2.45, 2.75) is 33.1 Å². The van der Waals surface area contributed by atoms with Crippen LogP contribution in [0.25, 0.3) is 5.65 Å². The molecule has 6 heteroatoms. The summed E-state index contributed by atoms with van der Waals surface area (Å²) in [5.41, 5.74) is 2.76. The molecule has 0 bridgehead atoms. The van der Waals surface area contributed by atoms with E-state index in [0.717, 1.165) is 11.3 Å². The van der Waals surface area contributed by atoms with Crippen LogP contribution in [0, 0.1) is 12.7 Å². The quantitative estimate of drug-likeness (QED) is 0.514. The van der Waals surface area contributed by atoms with Crippen LogP contribution in [0.3, 0.4) is 0 Å². The van der Waals surface area contributed by atoms with Crippen molar-refractivity contribution in [3.63, 3.8) is 0 Å². The van der Waals surface area contributed by atoms with Gasteiger partial charge < -0.3 is 0 Å². The van der Waals surface area contributed by atoms with E-state index in [0.29, 0.717) is 22.2 Å². The average molecular weight is 345 g/mol. The Morgan fingerprint density at radius 2 is 1.88 bits per heavy atom. The fourth-order valence-electron chi connectivity index (χ4n) is 2.35. The van der Waals surface area contributed by atoms with Crippen LogP contribution < -0.4 is 0 Å². The van der Waals surface area contributed by atoms with Crippen LogP contribution in [0.1, 0.15) is 32.0 Å². The van der Waals surface area contributed by atoms with Gasteiger partial charge in [-0.05, 0) is 36.8 Å². The highest BCUT2D eigenvalue weighted by atomic mass is 35.5. The maximum atomic E-state index is 13.6. The van der Waals surface area contributed by atoms with Crippen molar-refractivity contribution in [1.82, 2.24) is 9.38 Å². The molecule has 24 heavy (non-hydrogen) atoms. The molecular weight excluding hydrogens is 327 g/mol. The number of pyridine rings is 1. The summed E-state index contributed by atoms with van der Waals surface area (Å²) in [5, 5.41) is 9.24. The summed E-state index contributed by atoms with van der Waals surface area (Å²) in [6.07, 6.45) is 1.37. The summed E-state index contributed by atoms with van der Waals surface area (Å²) in [6, 6.07) is 8.49. The van der Waals surface area contributed by atoms with Gasteiger partial charge in [-0.15, -0.1) is 10.2 Å². The Labute approximate surface area is 145 Å². The topological polar surface area (TPSA) is 42.0 Å². The number of hydrogen-bond donors (Lipinski definition) is 0. The van der Waals surface area contributed by atoms with E-state index in [1.54, 1.807) is 16.5 Å². The maximum absolute atomic E-state index is 13.6. The number of halogens is 2. The summed E-state index contributed by atoms with van der Waals surface area (Å²) >= 11 is 6.13. The first kappa shape index (κ1) is 16.6. The molecule has 0 atom stereocenters. The molecular formula is C18H18ClFN4. The van der Waals surface area contributed by atoms with Crippen molar-refractivity contribution in [1.29, 1.82) is 0 Å². The van der Waals surface area contributed by atoms with E-state index in [-0.39, 0.29) is 11.2 Å². The number of imidazole rings is 1. The third kappa shape index (κ3) is 3.17. The average Bonchev–Trinajstić information content (AvgIpc) is 2.86. The Balaban J connectivity index is 2.14. The predicted molar refractivity (Wildman–Crippen MR) is 94.2 cm³/mol. The summed E-state index contributed by atoms with van der Waals surface area (Å²) in [5.74, 6) is 0.170. The lowest BCUT2D eigenvalue weighted by Gasteiger charge is -2.15. The molecule has 0 radical (unpaired) electrons. The molecule has 0 saturated carbocycles. The summed E-state index contributed by atoms with van der Waals surface area (Å²) in [7, 11) is 0. The molecule has 0 N–H and O–H groups in total. The lowest BCUT2D eigenvalue weighted by atomic mass is 9.92. The van der Waals surface area contributed by atoms with Gasteiger partial charge in [0.2, 0.25) is 0 Å². The Kier molecular flexibility index (Phi) is 4.13. The van der Waals surface area contributed by atoms with Gasteiger partial charge in [-0.25, -0.2) is 9.37 Å². The fraction of sp³-hybridized carbons (Fsp3) is 0.278. The van der Waals surface area contributed by atoms with E-state index in [2.05, 4.69) is 15.2 Å². The number of fused-ring (bicyclic) bond motifs is 1. The van der Waals surface area contributed by atoms with Gasteiger partial charge >= 0.3 is 0 Å². The Morgan fingerprint density at radius 3 is 2.54 bits per heavy atom. The molecule has 0 aliphatic heterocycles. The van der Waals surface area contributed by atoms with E-state index < -0.39 is 0 Å². The van der Waals surface area contributed by atoms with Gasteiger partial charge in [0, 0.05) is 16.6 Å². The van der Waals surface area contributed by atoms with Crippen LogP contribution in [0.5, 0.6) is 0 Å². The number of aromatic nitrogens is 2. The zero-order valence-corrected chi connectivity index (χ0v) is 14.8. The van der Waals surface area contributed by atoms with Gasteiger partial charge in [0.15, 0.2) is 5.82 Å². The monoisotopic (exact) mass is 344 g/mol. The number of hydrogen-bond acceptors (Lipinski definition) is 3. The first-order valence-electron chi connectivity index (χ1n) is 7.62. The van der Waals surface area contributed by atoms with E-state index in [1.165, 1.54) is 12.3 Å². The molecule has 1 aromatic carbocycles. The maximum Gasteiger partial charge on any atom is 0.183 e. The largest absolute Gasteiger partial charge is 0.280 e. The SMILES string of the molecule is Cc1ccc(N=Nc2c(C(C)(C)C)nc3ccc(F)cn23)cc1Cl. The Hall–Kier alpha value is -2.27. The summed E-state index contributed by atoms with van der Waals surface area (Å²) in [4.78, 5) is 4.59. The Morgan fingerprint density at radius 1 is 1.12 bits per heavy atom. The number of benzene rings is 1. The van der Waals surface area contributed by atoms with Crippen LogP contribution in [-0.4, -0.2) is 9.38 Å². The van der Waals surface area contributed by atoms with Crippen molar-refractivity contribution in [2.75, 3.05) is 0 Å². The normalized spacial score (nSPS) is 12.4. The van der Waals surface area contributed by atoms with Crippen LogP contribution in [-0.2, 0) is 5.41 Å². The molecule has 2 heterocycles. The molecule has 2 aromatic heterocycles. The number of aryl methyl sites for hydroxylation is 1. The van der Waals surface area contributed by atoms with Crippen molar-refractivity contribution < 1.29 is 4.39 Å². The Bertz CT molecular complexity index is 938. The van der Waals surface area contributed by atoms with Gasteiger partial charge in [-0.1, -0.05) is 38.4 Å². The van der Waals surface area contributed by atoms with E-state index in [9.17, 15) is 4.39 Å². The standard InChI is InChI=1S/C18H18ClFN4/c1-11-5-7-13(9-14(11)19)22-23-17-16(18(2,3)4)21-15-8-6-12(20)10-24(15)17/h5-10H,1-4H3. The van der Waals surface area contributed by atoms with Crippen molar-refractivity contribution in [3.05, 3.63) is 58.6 Å². The lowest BCUT2D eigenvalue weighted by molar-refractivity contribution is 0.573. The fourth-order valence-corrected chi connectivity index (χ4v) is 2.53. The van der Waals surface area contributed by atoms with Crippen LogP contribution in [0.15, 0.2) is 46.8 Å². The molecule has 0 spiro atoms. The molecule has 0 aliphatic carbocycles. The third-order valence-corrected chi connectivity index (χ3v) is 4.09.